The molecule has 0 bridgehead atoms. The van der Waals surface area contributed by atoms with E-state index in [1.165, 1.54) is 25.7 Å². The summed E-state index contributed by atoms with van der Waals surface area (Å²) in [5.41, 5.74) is 0.998. The first-order valence-corrected chi connectivity index (χ1v) is 4.09. The maximum Gasteiger partial charge on any atom is 0.0598 e. The van der Waals surface area contributed by atoms with Gasteiger partial charge in [0.1, 0.15) is 0 Å². The van der Waals surface area contributed by atoms with Crippen molar-refractivity contribution in [1.82, 2.24) is 0 Å². The minimum absolute atomic E-state index is 0.593. The van der Waals surface area contributed by atoms with Gasteiger partial charge in [-0.15, -0.1) is 0 Å². The molecule has 1 fully saturated rings. The fourth-order valence-electron chi connectivity index (χ4n) is 1.70. The Morgan fingerprint density at radius 1 is 1.50 bits per heavy atom. The SMILES string of the molecule is CC/C(=N\O)C1CCCC1. The van der Waals surface area contributed by atoms with Crippen LogP contribution in [0.2, 0.25) is 0 Å². The van der Waals surface area contributed by atoms with Crippen LogP contribution < -0.4 is 0 Å². The van der Waals surface area contributed by atoms with Crippen LogP contribution in [0.5, 0.6) is 0 Å². The quantitative estimate of drug-likeness (QED) is 0.357. The van der Waals surface area contributed by atoms with Crippen LogP contribution in [0.25, 0.3) is 0 Å². The van der Waals surface area contributed by atoms with Crippen molar-refractivity contribution in [3.05, 3.63) is 0 Å². The first kappa shape index (κ1) is 7.58. The first-order valence-electron chi connectivity index (χ1n) is 4.09. The molecule has 1 aliphatic carbocycles. The molecule has 1 rings (SSSR count). The van der Waals surface area contributed by atoms with Gasteiger partial charge in [0, 0.05) is 5.92 Å². The van der Waals surface area contributed by atoms with Crippen molar-refractivity contribution in [3.8, 4) is 0 Å². The topological polar surface area (TPSA) is 32.6 Å². The van der Waals surface area contributed by atoms with Crippen LogP contribution in [0.15, 0.2) is 5.16 Å². The van der Waals surface area contributed by atoms with Gasteiger partial charge in [0.25, 0.3) is 0 Å². The Bertz CT molecular complexity index is 125. The molecule has 2 heteroatoms. The van der Waals surface area contributed by atoms with Crippen molar-refractivity contribution in [1.29, 1.82) is 0 Å². The van der Waals surface area contributed by atoms with Crippen LogP contribution in [-0.4, -0.2) is 10.9 Å². The average molecular weight is 141 g/mol. The largest absolute Gasteiger partial charge is 0.411 e. The third kappa shape index (κ3) is 1.49. The Hall–Kier alpha value is -0.530. The predicted octanol–water partition coefficient (Wildman–Crippen LogP) is 2.42. The highest BCUT2D eigenvalue weighted by molar-refractivity contribution is 5.86. The molecule has 0 aliphatic heterocycles. The Kier molecular flexibility index (Phi) is 2.72. The summed E-state index contributed by atoms with van der Waals surface area (Å²) in [6.07, 6.45) is 5.98. The van der Waals surface area contributed by atoms with Crippen LogP contribution in [0, 0.1) is 5.92 Å². The van der Waals surface area contributed by atoms with Crippen molar-refractivity contribution in [2.75, 3.05) is 0 Å². The normalized spacial score (nSPS) is 21.9. The van der Waals surface area contributed by atoms with Gasteiger partial charge in [0.15, 0.2) is 0 Å². The molecule has 0 heterocycles. The van der Waals surface area contributed by atoms with Gasteiger partial charge in [0.2, 0.25) is 0 Å². The molecule has 0 aromatic rings. The average Bonchev–Trinajstić information content (AvgIpc) is 2.43. The van der Waals surface area contributed by atoms with E-state index in [2.05, 4.69) is 5.16 Å². The zero-order chi connectivity index (χ0) is 7.40. The first-order chi connectivity index (χ1) is 4.88. The second kappa shape index (κ2) is 3.59. The van der Waals surface area contributed by atoms with E-state index < -0.39 is 0 Å². The van der Waals surface area contributed by atoms with Crippen LogP contribution in [-0.2, 0) is 0 Å². The molecular weight excluding hydrogens is 126 g/mol. The van der Waals surface area contributed by atoms with E-state index in [0.717, 1.165) is 12.1 Å². The van der Waals surface area contributed by atoms with Gasteiger partial charge in [-0.25, -0.2) is 0 Å². The zero-order valence-electron chi connectivity index (χ0n) is 6.51. The Morgan fingerprint density at radius 3 is 2.50 bits per heavy atom. The Morgan fingerprint density at radius 2 is 2.10 bits per heavy atom. The summed E-state index contributed by atoms with van der Waals surface area (Å²) in [5, 5.41) is 11.9. The second-order valence-electron chi connectivity index (χ2n) is 2.93. The lowest BCUT2D eigenvalue weighted by Gasteiger charge is -2.07. The molecular formula is C8H15NO. The van der Waals surface area contributed by atoms with E-state index in [9.17, 15) is 0 Å². The van der Waals surface area contributed by atoms with E-state index in [1.807, 2.05) is 6.92 Å². The van der Waals surface area contributed by atoms with Gasteiger partial charge >= 0.3 is 0 Å². The third-order valence-electron chi connectivity index (χ3n) is 2.32. The molecule has 1 saturated carbocycles. The van der Waals surface area contributed by atoms with Gasteiger partial charge in [-0.1, -0.05) is 24.9 Å². The minimum atomic E-state index is 0.593. The molecule has 0 unspecified atom stereocenters. The lowest BCUT2D eigenvalue weighted by Crippen LogP contribution is -2.09. The molecule has 1 aliphatic rings. The van der Waals surface area contributed by atoms with Gasteiger partial charge in [-0.05, 0) is 19.3 Å². The predicted molar refractivity (Wildman–Crippen MR) is 41.5 cm³/mol. The lowest BCUT2D eigenvalue weighted by molar-refractivity contribution is 0.313. The number of rotatable bonds is 2. The van der Waals surface area contributed by atoms with Gasteiger partial charge in [-0.2, -0.15) is 0 Å². The highest BCUT2D eigenvalue weighted by Crippen LogP contribution is 2.26. The summed E-state index contributed by atoms with van der Waals surface area (Å²) in [7, 11) is 0. The maximum absolute atomic E-state index is 8.57. The number of nitrogens with zero attached hydrogens (tertiary/aromatic N) is 1. The highest BCUT2D eigenvalue weighted by Gasteiger charge is 2.19. The van der Waals surface area contributed by atoms with Gasteiger partial charge in [0.05, 0.1) is 5.71 Å². The summed E-state index contributed by atoms with van der Waals surface area (Å²) in [6.45, 7) is 2.05. The third-order valence-corrected chi connectivity index (χ3v) is 2.32. The summed E-state index contributed by atoms with van der Waals surface area (Å²) in [5.74, 6) is 0.593. The van der Waals surface area contributed by atoms with Crippen molar-refractivity contribution >= 4 is 5.71 Å². The molecule has 10 heavy (non-hydrogen) atoms. The number of hydrogen-bond donors (Lipinski definition) is 1. The van der Waals surface area contributed by atoms with E-state index in [1.54, 1.807) is 0 Å². The maximum atomic E-state index is 8.57. The molecule has 0 spiro atoms. The van der Waals surface area contributed by atoms with E-state index in [0.29, 0.717) is 5.92 Å². The van der Waals surface area contributed by atoms with Crippen molar-refractivity contribution in [2.45, 2.75) is 39.0 Å². The molecule has 0 aromatic carbocycles. The van der Waals surface area contributed by atoms with Crippen molar-refractivity contribution < 1.29 is 5.21 Å². The minimum Gasteiger partial charge on any atom is -0.411 e. The number of oxime groups is 1. The molecule has 0 atom stereocenters. The van der Waals surface area contributed by atoms with Gasteiger partial charge < -0.3 is 5.21 Å². The summed E-state index contributed by atoms with van der Waals surface area (Å²) < 4.78 is 0. The summed E-state index contributed by atoms with van der Waals surface area (Å²) in [6, 6.07) is 0. The molecule has 0 radical (unpaired) electrons. The van der Waals surface area contributed by atoms with Crippen molar-refractivity contribution in [3.63, 3.8) is 0 Å². The Labute approximate surface area is 61.9 Å². The number of hydrogen-bond acceptors (Lipinski definition) is 2. The summed E-state index contributed by atoms with van der Waals surface area (Å²) in [4.78, 5) is 0. The molecule has 2 nitrogen and oxygen atoms in total. The van der Waals surface area contributed by atoms with Crippen LogP contribution >= 0.6 is 0 Å². The lowest BCUT2D eigenvalue weighted by atomic mass is 10.0. The van der Waals surface area contributed by atoms with E-state index in [4.69, 9.17) is 5.21 Å². The second-order valence-corrected chi connectivity index (χ2v) is 2.93. The Balaban J connectivity index is 2.45. The standard InChI is InChI=1S/C8H15NO/c1-2-8(9-10)7-5-3-4-6-7/h7,10H,2-6H2,1H3/b9-8+. The van der Waals surface area contributed by atoms with E-state index in [-0.39, 0.29) is 0 Å². The van der Waals surface area contributed by atoms with Crippen LogP contribution in [0.3, 0.4) is 0 Å². The fourth-order valence-corrected chi connectivity index (χ4v) is 1.70. The summed E-state index contributed by atoms with van der Waals surface area (Å²) >= 11 is 0. The van der Waals surface area contributed by atoms with Gasteiger partial charge in [-0.3, -0.25) is 0 Å². The van der Waals surface area contributed by atoms with Crippen LogP contribution in [0.4, 0.5) is 0 Å². The zero-order valence-corrected chi connectivity index (χ0v) is 6.51. The highest BCUT2D eigenvalue weighted by atomic mass is 16.4. The molecule has 58 valence electrons. The molecule has 0 saturated heterocycles. The van der Waals surface area contributed by atoms with Crippen LogP contribution in [0.1, 0.15) is 39.0 Å². The molecule has 0 amide bonds. The fraction of sp³-hybridized carbons (Fsp3) is 0.875. The van der Waals surface area contributed by atoms with Crippen molar-refractivity contribution in [2.24, 2.45) is 11.1 Å². The monoisotopic (exact) mass is 141 g/mol. The smallest absolute Gasteiger partial charge is 0.0598 e. The van der Waals surface area contributed by atoms with E-state index >= 15 is 0 Å². The molecule has 0 aromatic heterocycles. The molecule has 1 N–H and O–H groups in total.